The van der Waals surface area contributed by atoms with Gasteiger partial charge in [0.25, 0.3) is 0 Å². The summed E-state index contributed by atoms with van der Waals surface area (Å²) in [6.07, 6.45) is 3.14. The van der Waals surface area contributed by atoms with Crippen LogP contribution in [0.1, 0.15) is 29.3 Å². The molecule has 0 aliphatic rings. The fraction of sp³-hybridized carbons (Fsp3) is 0.176. The molecule has 0 unspecified atom stereocenters. The zero-order valence-corrected chi connectivity index (χ0v) is 16.4. The van der Waals surface area contributed by atoms with Crippen molar-refractivity contribution in [2.75, 3.05) is 10.5 Å². The molecule has 0 bridgehead atoms. The highest BCUT2D eigenvalue weighted by molar-refractivity contribution is 9.10. The average molecular weight is 458 g/mol. The van der Waals surface area contributed by atoms with Crippen LogP contribution in [0.25, 0.3) is 11.0 Å². The molecule has 0 spiro atoms. The van der Waals surface area contributed by atoms with Gasteiger partial charge in [0, 0.05) is 27.8 Å². The lowest BCUT2D eigenvalue weighted by Crippen LogP contribution is -2.18. The molecule has 0 aliphatic carbocycles. The van der Waals surface area contributed by atoms with Crippen molar-refractivity contribution in [2.24, 2.45) is 0 Å². The Hall–Kier alpha value is -2.33. The van der Waals surface area contributed by atoms with Gasteiger partial charge in [-0.2, -0.15) is 0 Å². The number of halogens is 3. The Labute approximate surface area is 162 Å². The number of benzene rings is 1. The number of aromatic nitrogens is 2. The van der Waals surface area contributed by atoms with Crippen LogP contribution in [0.15, 0.2) is 35.1 Å². The first kappa shape index (κ1) is 19.4. The predicted octanol–water partition coefficient (Wildman–Crippen LogP) is 3.99. The zero-order valence-electron chi connectivity index (χ0n) is 14.0. The van der Waals surface area contributed by atoms with Gasteiger partial charge in [0.1, 0.15) is 11.5 Å². The van der Waals surface area contributed by atoms with Gasteiger partial charge in [-0.05, 0) is 40.5 Å². The molecule has 1 aromatic carbocycles. The van der Waals surface area contributed by atoms with E-state index >= 15 is 0 Å². The Morgan fingerprint density at radius 3 is 2.78 bits per heavy atom. The summed E-state index contributed by atoms with van der Waals surface area (Å²) in [6, 6.07) is 3.39. The van der Waals surface area contributed by atoms with E-state index in [0.717, 1.165) is 12.1 Å². The molecule has 0 amide bonds. The highest BCUT2D eigenvalue weighted by Crippen LogP contribution is 2.28. The van der Waals surface area contributed by atoms with Crippen LogP contribution in [0.2, 0.25) is 0 Å². The monoisotopic (exact) mass is 457 g/mol. The minimum atomic E-state index is -3.80. The molecule has 6 nitrogen and oxygen atoms in total. The van der Waals surface area contributed by atoms with E-state index in [1.165, 1.54) is 12.4 Å². The second kappa shape index (κ2) is 7.35. The van der Waals surface area contributed by atoms with Crippen LogP contribution in [-0.2, 0) is 10.0 Å². The van der Waals surface area contributed by atoms with Gasteiger partial charge in [0.2, 0.25) is 15.8 Å². The second-order valence-corrected chi connectivity index (χ2v) is 8.54. The van der Waals surface area contributed by atoms with E-state index in [1.54, 1.807) is 13.0 Å². The number of rotatable bonds is 6. The van der Waals surface area contributed by atoms with E-state index < -0.39 is 38.7 Å². The minimum absolute atomic E-state index is 0.0187. The number of carbonyl (C=O) groups excluding carboxylic acids is 1. The van der Waals surface area contributed by atoms with Gasteiger partial charge in [-0.25, -0.2) is 22.2 Å². The van der Waals surface area contributed by atoms with Gasteiger partial charge >= 0.3 is 0 Å². The molecule has 27 heavy (non-hydrogen) atoms. The molecule has 2 heterocycles. The number of carbonyl (C=O) groups is 1. The summed E-state index contributed by atoms with van der Waals surface area (Å²) in [4.78, 5) is 19.6. The maximum absolute atomic E-state index is 14.8. The molecule has 2 N–H and O–H groups in total. The molecule has 2 aromatic heterocycles. The average Bonchev–Trinajstić information content (AvgIpc) is 3.00. The lowest BCUT2D eigenvalue weighted by Gasteiger charge is -2.11. The predicted molar refractivity (Wildman–Crippen MR) is 101 cm³/mol. The van der Waals surface area contributed by atoms with Crippen LogP contribution >= 0.6 is 15.9 Å². The van der Waals surface area contributed by atoms with E-state index in [1.807, 2.05) is 0 Å². The van der Waals surface area contributed by atoms with Gasteiger partial charge in [-0.3, -0.25) is 9.52 Å². The number of nitrogens with one attached hydrogen (secondary N) is 2. The van der Waals surface area contributed by atoms with Crippen molar-refractivity contribution in [3.8, 4) is 0 Å². The number of ketones is 1. The summed E-state index contributed by atoms with van der Waals surface area (Å²) in [5.41, 5.74) is -0.924. The highest BCUT2D eigenvalue weighted by atomic mass is 79.9. The third kappa shape index (κ3) is 3.86. The number of pyridine rings is 1. The number of anilines is 1. The van der Waals surface area contributed by atoms with E-state index in [-0.39, 0.29) is 11.3 Å². The fourth-order valence-corrected chi connectivity index (χ4v) is 4.09. The minimum Gasteiger partial charge on any atom is -0.345 e. The molecule has 0 atom stereocenters. The van der Waals surface area contributed by atoms with Crippen molar-refractivity contribution in [2.45, 2.75) is 13.3 Å². The molecular formula is C17H14BrF2N3O3S. The maximum Gasteiger partial charge on any atom is 0.232 e. The molecule has 142 valence electrons. The first-order chi connectivity index (χ1) is 12.7. The summed E-state index contributed by atoms with van der Waals surface area (Å²) in [5.74, 6) is -3.51. The molecule has 0 aliphatic heterocycles. The number of sulfonamides is 1. The Kier molecular flexibility index (Phi) is 5.29. The summed E-state index contributed by atoms with van der Waals surface area (Å²) in [5, 5.41) is 0.380. The molecule has 0 radical (unpaired) electrons. The SMILES string of the molecule is CCCS(=O)(=O)Nc1ccc(F)c(C(=O)c2c[nH]c3ncc(Br)cc23)c1F. The van der Waals surface area contributed by atoms with E-state index in [2.05, 4.69) is 30.6 Å². The first-order valence-corrected chi connectivity index (χ1v) is 10.3. The van der Waals surface area contributed by atoms with Gasteiger partial charge in [-0.15, -0.1) is 0 Å². The van der Waals surface area contributed by atoms with Crippen LogP contribution in [0.3, 0.4) is 0 Å². The number of aromatic amines is 1. The largest absolute Gasteiger partial charge is 0.345 e. The van der Waals surface area contributed by atoms with Crippen molar-refractivity contribution < 1.29 is 22.0 Å². The number of nitrogens with zero attached hydrogens (tertiary/aromatic N) is 1. The molecule has 0 saturated heterocycles. The van der Waals surface area contributed by atoms with Crippen LogP contribution < -0.4 is 4.72 Å². The zero-order chi connectivity index (χ0) is 19.8. The Balaban J connectivity index is 2.09. The van der Waals surface area contributed by atoms with Gasteiger partial charge in [0.05, 0.1) is 17.0 Å². The molecule has 3 rings (SSSR count). The summed E-state index contributed by atoms with van der Waals surface area (Å²) >= 11 is 3.23. The van der Waals surface area contributed by atoms with Crippen molar-refractivity contribution in [1.29, 1.82) is 0 Å². The quantitative estimate of drug-likeness (QED) is 0.547. The van der Waals surface area contributed by atoms with E-state index in [9.17, 15) is 22.0 Å². The van der Waals surface area contributed by atoms with E-state index in [0.29, 0.717) is 21.9 Å². The van der Waals surface area contributed by atoms with E-state index in [4.69, 9.17) is 0 Å². The van der Waals surface area contributed by atoms with Gasteiger partial charge in [0.15, 0.2) is 5.82 Å². The molecule has 3 aromatic rings. The van der Waals surface area contributed by atoms with Gasteiger partial charge < -0.3 is 4.98 Å². The number of H-pyrrole nitrogens is 1. The van der Waals surface area contributed by atoms with Crippen molar-refractivity contribution in [1.82, 2.24) is 9.97 Å². The van der Waals surface area contributed by atoms with Crippen molar-refractivity contribution in [3.05, 3.63) is 57.8 Å². The number of hydrogen-bond donors (Lipinski definition) is 2. The third-order valence-electron chi connectivity index (χ3n) is 3.80. The normalized spacial score (nSPS) is 11.7. The van der Waals surface area contributed by atoms with Crippen LogP contribution in [0.4, 0.5) is 14.5 Å². The number of fused-ring (bicyclic) bond motifs is 1. The topological polar surface area (TPSA) is 91.9 Å². The Morgan fingerprint density at radius 2 is 2.07 bits per heavy atom. The van der Waals surface area contributed by atoms with Crippen molar-refractivity contribution in [3.63, 3.8) is 0 Å². The lowest BCUT2D eigenvalue weighted by molar-refractivity contribution is 0.103. The second-order valence-electron chi connectivity index (χ2n) is 5.79. The van der Waals surface area contributed by atoms with Gasteiger partial charge in [-0.1, -0.05) is 6.92 Å². The van der Waals surface area contributed by atoms with Crippen LogP contribution in [-0.4, -0.2) is 29.9 Å². The number of hydrogen-bond acceptors (Lipinski definition) is 4. The summed E-state index contributed by atoms with van der Waals surface area (Å²) < 4.78 is 55.5. The third-order valence-corrected chi connectivity index (χ3v) is 5.71. The van der Waals surface area contributed by atoms with Crippen LogP contribution in [0.5, 0.6) is 0 Å². The molecule has 0 fully saturated rings. The summed E-state index contributed by atoms with van der Waals surface area (Å²) in [7, 11) is -3.80. The highest BCUT2D eigenvalue weighted by Gasteiger charge is 2.25. The lowest BCUT2D eigenvalue weighted by atomic mass is 10.0. The van der Waals surface area contributed by atoms with Crippen molar-refractivity contribution >= 4 is 48.5 Å². The first-order valence-electron chi connectivity index (χ1n) is 7.89. The standard InChI is InChI=1S/C17H14BrF2N3O3S/c1-2-5-27(25,26)23-13-4-3-12(19)14(15(13)20)16(24)11-8-22-17-10(11)6-9(18)7-21-17/h3-4,6-8,23H,2,5H2,1H3,(H,21,22). The summed E-state index contributed by atoms with van der Waals surface area (Å²) in [6.45, 7) is 1.65. The molecular weight excluding hydrogens is 444 g/mol. The maximum atomic E-state index is 14.8. The molecule has 0 saturated carbocycles. The van der Waals surface area contributed by atoms with Crippen LogP contribution in [0, 0.1) is 11.6 Å². The smallest absolute Gasteiger partial charge is 0.232 e. The Morgan fingerprint density at radius 1 is 1.33 bits per heavy atom. The fourth-order valence-electron chi connectivity index (χ4n) is 2.63. The Bertz CT molecular complexity index is 1150. The molecule has 10 heteroatoms.